The third-order valence-electron chi connectivity index (χ3n) is 3.88. The van der Waals surface area contributed by atoms with Crippen molar-refractivity contribution < 1.29 is 4.74 Å². The van der Waals surface area contributed by atoms with Crippen LogP contribution >= 0.6 is 11.8 Å². The summed E-state index contributed by atoms with van der Waals surface area (Å²) in [6.07, 6.45) is 2.42. The number of methoxy groups -OCH3 is 1. The Bertz CT molecular complexity index is 402. The van der Waals surface area contributed by atoms with Gasteiger partial charge in [-0.1, -0.05) is 24.6 Å². The van der Waals surface area contributed by atoms with Gasteiger partial charge in [-0.05, 0) is 55.4 Å². The highest BCUT2D eigenvalue weighted by atomic mass is 32.2. The maximum absolute atomic E-state index is 5.51. The van der Waals surface area contributed by atoms with Gasteiger partial charge in [-0.3, -0.25) is 0 Å². The van der Waals surface area contributed by atoms with Crippen molar-refractivity contribution in [2.45, 2.75) is 32.7 Å². The zero-order valence-corrected chi connectivity index (χ0v) is 13.1. The highest BCUT2D eigenvalue weighted by Crippen LogP contribution is 2.30. The summed E-state index contributed by atoms with van der Waals surface area (Å²) in [5, 5.41) is 3.67. The quantitative estimate of drug-likeness (QED) is 0.863. The van der Waals surface area contributed by atoms with Crippen molar-refractivity contribution in [3.63, 3.8) is 0 Å². The van der Waals surface area contributed by atoms with E-state index in [1.807, 2.05) is 0 Å². The molecule has 0 amide bonds. The zero-order chi connectivity index (χ0) is 13.7. The Labute approximate surface area is 121 Å². The first-order chi connectivity index (χ1) is 9.24. The summed E-state index contributed by atoms with van der Waals surface area (Å²) in [6, 6.07) is 7.06. The monoisotopic (exact) mass is 279 g/mol. The number of likely N-dealkylation sites (N-methyl/N-ethyl adjacent to an activating group) is 1. The predicted molar refractivity (Wildman–Crippen MR) is 84.3 cm³/mol. The van der Waals surface area contributed by atoms with Crippen LogP contribution in [0.5, 0.6) is 5.75 Å². The van der Waals surface area contributed by atoms with Crippen molar-refractivity contribution in [1.29, 1.82) is 0 Å². The summed E-state index contributed by atoms with van der Waals surface area (Å²) < 4.78 is 5.51. The lowest BCUT2D eigenvalue weighted by Crippen LogP contribution is -2.38. The van der Waals surface area contributed by atoms with E-state index < -0.39 is 0 Å². The van der Waals surface area contributed by atoms with Crippen LogP contribution in [0.4, 0.5) is 0 Å². The Morgan fingerprint density at radius 2 is 2.32 bits per heavy atom. The highest BCUT2D eigenvalue weighted by Gasteiger charge is 2.25. The minimum atomic E-state index is 0.579. The molecule has 1 aromatic carbocycles. The van der Waals surface area contributed by atoms with Crippen LogP contribution in [0.15, 0.2) is 18.2 Å². The predicted octanol–water partition coefficient (Wildman–Crippen LogP) is 3.28. The first kappa shape index (κ1) is 14.7. The smallest absolute Gasteiger partial charge is 0.122 e. The van der Waals surface area contributed by atoms with E-state index in [1.165, 1.54) is 29.1 Å². The molecule has 0 bridgehead atoms. The van der Waals surface area contributed by atoms with Crippen molar-refractivity contribution in [2.75, 3.05) is 25.2 Å². The molecule has 1 heterocycles. The summed E-state index contributed by atoms with van der Waals surface area (Å²) in [6.45, 7) is 5.39. The van der Waals surface area contributed by atoms with Gasteiger partial charge in [-0.2, -0.15) is 11.8 Å². The Hall–Kier alpha value is -0.670. The van der Waals surface area contributed by atoms with E-state index in [-0.39, 0.29) is 0 Å². The molecule has 3 heteroatoms. The molecule has 1 saturated heterocycles. The first-order valence-corrected chi connectivity index (χ1v) is 8.34. The molecule has 0 radical (unpaired) electrons. The Morgan fingerprint density at radius 3 is 2.95 bits per heavy atom. The fraction of sp³-hybridized carbons (Fsp3) is 0.625. The average Bonchev–Trinajstić information content (AvgIpc) is 2.92. The Balaban J connectivity index is 2.13. The summed E-state index contributed by atoms with van der Waals surface area (Å²) in [5.41, 5.74) is 2.65. The molecule has 2 rings (SSSR count). The summed E-state index contributed by atoms with van der Waals surface area (Å²) in [4.78, 5) is 0. The standard InChI is InChI=1S/C16H25NOS/c1-4-17-15(13-7-8-19-11-13)10-14-9-12(2)5-6-16(14)18-3/h5-6,9,13,15,17H,4,7-8,10-11H2,1-3H3. The van der Waals surface area contributed by atoms with Gasteiger partial charge in [-0.15, -0.1) is 0 Å². The molecule has 106 valence electrons. The second-order valence-corrected chi connectivity index (χ2v) is 6.46. The minimum Gasteiger partial charge on any atom is -0.496 e. The van der Waals surface area contributed by atoms with E-state index in [0.717, 1.165) is 24.6 Å². The van der Waals surface area contributed by atoms with Crippen LogP contribution < -0.4 is 10.1 Å². The SMILES string of the molecule is CCNC(Cc1cc(C)ccc1OC)C1CCSC1. The molecule has 1 aliphatic rings. The lowest BCUT2D eigenvalue weighted by atomic mass is 9.92. The number of hydrogen-bond donors (Lipinski definition) is 1. The van der Waals surface area contributed by atoms with Crippen LogP contribution in [0.25, 0.3) is 0 Å². The zero-order valence-electron chi connectivity index (χ0n) is 12.2. The first-order valence-electron chi connectivity index (χ1n) is 7.19. The van der Waals surface area contributed by atoms with E-state index in [0.29, 0.717) is 6.04 Å². The van der Waals surface area contributed by atoms with Crippen molar-refractivity contribution in [3.8, 4) is 5.75 Å². The van der Waals surface area contributed by atoms with Crippen LogP contribution in [0, 0.1) is 12.8 Å². The van der Waals surface area contributed by atoms with Gasteiger partial charge < -0.3 is 10.1 Å². The van der Waals surface area contributed by atoms with Crippen molar-refractivity contribution in [2.24, 2.45) is 5.92 Å². The van der Waals surface area contributed by atoms with Crippen molar-refractivity contribution in [3.05, 3.63) is 29.3 Å². The van der Waals surface area contributed by atoms with Crippen LogP contribution in [0.3, 0.4) is 0 Å². The van der Waals surface area contributed by atoms with Gasteiger partial charge in [0.15, 0.2) is 0 Å². The van der Waals surface area contributed by atoms with Gasteiger partial charge in [0, 0.05) is 6.04 Å². The molecular formula is C16H25NOS. The molecule has 1 fully saturated rings. The molecule has 2 unspecified atom stereocenters. The molecule has 1 aromatic rings. The number of thioether (sulfide) groups is 1. The van der Waals surface area contributed by atoms with Crippen molar-refractivity contribution in [1.82, 2.24) is 5.32 Å². The van der Waals surface area contributed by atoms with E-state index >= 15 is 0 Å². The number of nitrogens with one attached hydrogen (secondary N) is 1. The lowest BCUT2D eigenvalue weighted by Gasteiger charge is -2.25. The molecule has 1 aliphatic heterocycles. The van der Waals surface area contributed by atoms with Crippen LogP contribution in [-0.2, 0) is 6.42 Å². The molecule has 0 spiro atoms. The highest BCUT2D eigenvalue weighted by molar-refractivity contribution is 7.99. The molecule has 2 atom stereocenters. The Kier molecular flexibility index (Phi) is 5.59. The maximum atomic E-state index is 5.51. The number of hydrogen-bond acceptors (Lipinski definition) is 3. The third-order valence-corrected chi connectivity index (χ3v) is 5.06. The molecule has 19 heavy (non-hydrogen) atoms. The molecule has 0 aromatic heterocycles. The molecule has 0 saturated carbocycles. The van der Waals surface area contributed by atoms with Gasteiger partial charge in [0.05, 0.1) is 7.11 Å². The topological polar surface area (TPSA) is 21.3 Å². The lowest BCUT2D eigenvalue weighted by molar-refractivity contribution is 0.372. The van der Waals surface area contributed by atoms with Crippen LogP contribution in [0.1, 0.15) is 24.5 Å². The van der Waals surface area contributed by atoms with Crippen molar-refractivity contribution >= 4 is 11.8 Å². The average molecular weight is 279 g/mol. The van der Waals surface area contributed by atoms with Crippen LogP contribution in [-0.4, -0.2) is 31.2 Å². The van der Waals surface area contributed by atoms with Gasteiger partial charge in [0.2, 0.25) is 0 Å². The number of aryl methyl sites for hydroxylation is 1. The number of benzene rings is 1. The van der Waals surface area contributed by atoms with Gasteiger partial charge >= 0.3 is 0 Å². The van der Waals surface area contributed by atoms with E-state index in [9.17, 15) is 0 Å². The Morgan fingerprint density at radius 1 is 1.47 bits per heavy atom. The van der Waals surface area contributed by atoms with Gasteiger partial charge in [0.25, 0.3) is 0 Å². The maximum Gasteiger partial charge on any atom is 0.122 e. The second kappa shape index (κ2) is 7.20. The molecule has 1 N–H and O–H groups in total. The second-order valence-electron chi connectivity index (χ2n) is 5.31. The summed E-state index contributed by atoms with van der Waals surface area (Å²) in [7, 11) is 1.77. The molecule has 0 aliphatic carbocycles. The van der Waals surface area contributed by atoms with Gasteiger partial charge in [0.1, 0.15) is 5.75 Å². The third kappa shape index (κ3) is 3.90. The van der Waals surface area contributed by atoms with Gasteiger partial charge in [-0.25, -0.2) is 0 Å². The van der Waals surface area contributed by atoms with E-state index in [1.54, 1.807) is 7.11 Å². The fourth-order valence-corrected chi connectivity index (χ4v) is 4.18. The largest absolute Gasteiger partial charge is 0.496 e. The summed E-state index contributed by atoms with van der Waals surface area (Å²) in [5.74, 6) is 4.44. The van der Waals surface area contributed by atoms with E-state index in [2.05, 4.69) is 49.1 Å². The van der Waals surface area contributed by atoms with E-state index in [4.69, 9.17) is 4.74 Å². The minimum absolute atomic E-state index is 0.579. The molecular weight excluding hydrogens is 254 g/mol. The van der Waals surface area contributed by atoms with Crippen LogP contribution in [0.2, 0.25) is 0 Å². The normalized spacial score (nSPS) is 20.5. The summed E-state index contributed by atoms with van der Waals surface area (Å²) >= 11 is 2.09. The fourth-order valence-electron chi connectivity index (χ4n) is 2.84. The number of ether oxygens (including phenoxy) is 1. The molecule has 2 nitrogen and oxygen atoms in total. The number of rotatable bonds is 6.